The van der Waals surface area contributed by atoms with Crippen molar-refractivity contribution in [1.29, 1.82) is 5.26 Å². The fraction of sp³-hybridized carbons (Fsp3) is 0. The van der Waals surface area contributed by atoms with Gasteiger partial charge in [0.1, 0.15) is 0 Å². The second-order valence-corrected chi connectivity index (χ2v) is 3.01. The minimum absolute atomic E-state index is 0.329. The van der Waals surface area contributed by atoms with Crippen molar-refractivity contribution in [2.75, 3.05) is 0 Å². The first kappa shape index (κ1) is 8.82. The Morgan fingerprint density at radius 1 is 1.29 bits per heavy atom. The molecule has 1 aromatic heterocycles. The van der Waals surface area contributed by atoms with Crippen LogP contribution in [0.15, 0.2) is 24.3 Å². The van der Waals surface area contributed by atoms with Gasteiger partial charge in [0.25, 0.3) is 0 Å². The maximum Gasteiger partial charge on any atom is 0.505 e. The second kappa shape index (κ2) is 3.18. The first-order valence-corrected chi connectivity index (χ1v) is 4.09. The van der Waals surface area contributed by atoms with Gasteiger partial charge in [-0.3, -0.25) is 0 Å². The number of H-pyrrole nitrogens is 1. The predicted octanol–water partition coefficient (Wildman–Crippen LogP) is -0.281. The van der Waals surface area contributed by atoms with Gasteiger partial charge in [0, 0.05) is 11.1 Å². The molecule has 0 fully saturated rings. The lowest BCUT2D eigenvalue weighted by atomic mass is 9.86. The Morgan fingerprint density at radius 2 is 2.07 bits per heavy atom. The van der Waals surface area contributed by atoms with Crippen molar-refractivity contribution in [2.24, 2.45) is 0 Å². The molecule has 4 nitrogen and oxygen atoms in total. The highest BCUT2D eigenvalue weighted by Crippen LogP contribution is 2.12. The molecule has 0 saturated heterocycles. The van der Waals surface area contributed by atoms with Crippen LogP contribution in [0.5, 0.6) is 0 Å². The van der Waals surface area contributed by atoms with Crippen LogP contribution in [0.4, 0.5) is 0 Å². The molecule has 0 unspecified atom stereocenters. The van der Waals surface area contributed by atoms with Gasteiger partial charge in [0.05, 0.1) is 11.6 Å². The van der Waals surface area contributed by atoms with Gasteiger partial charge >= 0.3 is 7.12 Å². The summed E-state index contributed by atoms with van der Waals surface area (Å²) >= 11 is 0. The van der Waals surface area contributed by atoms with Crippen LogP contribution in [0.3, 0.4) is 0 Å². The molecule has 2 aromatic rings. The van der Waals surface area contributed by atoms with E-state index in [1.54, 1.807) is 24.3 Å². The molecule has 0 amide bonds. The summed E-state index contributed by atoms with van der Waals surface area (Å²) in [4.78, 5) is 2.82. The van der Waals surface area contributed by atoms with E-state index in [-0.39, 0.29) is 0 Å². The number of rotatable bonds is 1. The maximum absolute atomic E-state index is 8.91. The lowest BCUT2D eigenvalue weighted by molar-refractivity contribution is 0.424. The summed E-state index contributed by atoms with van der Waals surface area (Å²) in [5, 5.41) is 27.3. The smallest absolute Gasteiger partial charge is 0.422 e. The first-order chi connectivity index (χ1) is 6.70. The van der Waals surface area contributed by atoms with Gasteiger partial charge in [0.15, 0.2) is 0 Å². The van der Waals surface area contributed by atoms with Crippen molar-refractivity contribution < 1.29 is 10.0 Å². The van der Waals surface area contributed by atoms with Gasteiger partial charge in [0.2, 0.25) is 0 Å². The minimum Gasteiger partial charge on any atom is -0.422 e. The predicted molar refractivity (Wildman–Crippen MR) is 52.8 cm³/mol. The Labute approximate surface area is 80.6 Å². The number of hydrogen-bond donors (Lipinski definition) is 3. The van der Waals surface area contributed by atoms with Crippen LogP contribution in [0.25, 0.3) is 10.9 Å². The van der Waals surface area contributed by atoms with Crippen LogP contribution in [-0.2, 0) is 0 Å². The molecule has 0 aliphatic rings. The lowest BCUT2D eigenvalue weighted by Crippen LogP contribution is -2.30. The zero-order valence-electron chi connectivity index (χ0n) is 7.23. The van der Waals surface area contributed by atoms with E-state index in [4.69, 9.17) is 15.3 Å². The normalized spacial score (nSPS) is 10.1. The van der Waals surface area contributed by atoms with E-state index in [1.165, 1.54) is 0 Å². The Balaban J connectivity index is 2.61. The molecule has 0 spiro atoms. The van der Waals surface area contributed by atoms with Gasteiger partial charge in [-0.25, -0.2) is 0 Å². The quantitative estimate of drug-likeness (QED) is 0.535. The number of nitrogens with one attached hydrogen (secondary N) is 1. The number of fused-ring (bicyclic) bond motifs is 1. The van der Waals surface area contributed by atoms with E-state index >= 15 is 0 Å². The van der Waals surface area contributed by atoms with E-state index in [0.29, 0.717) is 11.2 Å². The summed E-state index contributed by atoms with van der Waals surface area (Å²) in [6.45, 7) is 0. The Hall–Kier alpha value is -1.77. The molecule has 0 bridgehead atoms. The Kier molecular flexibility index (Phi) is 2.00. The SMILES string of the molecule is N#Cc1ccc2cc(B(O)O)[nH]c2c1. The van der Waals surface area contributed by atoms with E-state index < -0.39 is 7.12 Å². The third kappa shape index (κ3) is 1.37. The third-order valence-electron chi connectivity index (χ3n) is 2.05. The van der Waals surface area contributed by atoms with Gasteiger partial charge in [-0.1, -0.05) is 6.07 Å². The van der Waals surface area contributed by atoms with Crippen molar-refractivity contribution in [3.63, 3.8) is 0 Å². The van der Waals surface area contributed by atoms with Gasteiger partial charge in [-0.05, 0) is 23.6 Å². The molecule has 0 aliphatic carbocycles. The van der Waals surface area contributed by atoms with Crippen LogP contribution in [0.1, 0.15) is 5.56 Å². The topological polar surface area (TPSA) is 80.0 Å². The molecular formula is C9H7BN2O2. The molecule has 3 N–H and O–H groups in total. The van der Waals surface area contributed by atoms with Crippen LogP contribution >= 0.6 is 0 Å². The fourth-order valence-corrected chi connectivity index (χ4v) is 1.36. The van der Waals surface area contributed by atoms with E-state index in [2.05, 4.69) is 4.98 Å². The molecule has 68 valence electrons. The number of nitriles is 1. The van der Waals surface area contributed by atoms with Crippen molar-refractivity contribution in [2.45, 2.75) is 0 Å². The lowest BCUT2D eigenvalue weighted by Gasteiger charge is -1.90. The number of nitrogens with zero attached hydrogens (tertiary/aromatic N) is 1. The van der Waals surface area contributed by atoms with Gasteiger partial charge in [-0.2, -0.15) is 5.26 Å². The second-order valence-electron chi connectivity index (χ2n) is 3.01. The van der Waals surface area contributed by atoms with Crippen LogP contribution in [0, 0.1) is 11.3 Å². The zero-order valence-corrected chi connectivity index (χ0v) is 7.23. The van der Waals surface area contributed by atoms with Crippen LogP contribution in [-0.4, -0.2) is 22.2 Å². The van der Waals surface area contributed by atoms with Crippen LogP contribution < -0.4 is 5.59 Å². The summed E-state index contributed by atoms with van der Waals surface area (Å²) in [7, 11) is -1.51. The van der Waals surface area contributed by atoms with Gasteiger partial charge in [-0.15, -0.1) is 0 Å². The largest absolute Gasteiger partial charge is 0.505 e. The highest BCUT2D eigenvalue weighted by molar-refractivity contribution is 6.58. The minimum atomic E-state index is -1.51. The van der Waals surface area contributed by atoms with E-state index in [1.807, 2.05) is 6.07 Å². The molecule has 0 atom stereocenters. The zero-order chi connectivity index (χ0) is 10.1. The molecule has 1 aromatic carbocycles. The number of aromatic nitrogens is 1. The summed E-state index contributed by atoms with van der Waals surface area (Å²) in [6, 6.07) is 8.76. The monoisotopic (exact) mass is 186 g/mol. The molecular weight excluding hydrogens is 179 g/mol. The summed E-state index contributed by atoms with van der Waals surface area (Å²) in [6.07, 6.45) is 0. The number of benzene rings is 1. The van der Waals surface area contributed by atoms with E-state index in [9.17, 15) is 0 Å². The Bertz CT molecular complexity index is 513. The highest BCUT2D eigenvalue weighted by atomic mass is 16.4. The molecule has 2 rings (SSSR count). The maximum atomic E-state index is 8.91. The van der Waals surface area contributed by atoms with E-state index in [0.717, 1.165) is 10.9 Å². The van der Waals surface area contributed by atoms with Gasteiger partial charge < -0.3 is 15.0 Å². The number of aromatic amines is 1. The van der Waals surface area contributed by atoms with Crippen molar-refractivity contribution >= 4 is 23.6 Å². The van der Waals surface area contributed by atoms with Crippen molar-refractivity contribution in [3.8, 4) is 6.07 Å². The summed E-state index contributed by atoms with van der Waals surface area (Å²) in [5.74, 6) is 0. The first-order valence-electron chi connectivity index (χ1n) is 4.09. The fourth-order valence-electron chi connectivity index (χ4n) is 1.36. The third-order valence-corrected chi connectivity index (χ3v) is 2.05. The highest BCUT2D eigenvalue weighted by Gasteiger charge is 2.13. The van der Waals surface area contributed by atoms with Crippen molar-refractivity contribution in [3.05, 3.63) is 29.8 Å². The molecule has 0 aliphatic heterocycles. The molecule has 0 saturated carbocycles. The molecule has 1 heterocycles. The van der Waals surface area contributed by atoms with Crippen molar-refractivity contribution in [1.82, 2.24) is 4.98 Å². The van der Waals surface area contributed by atoms with Crippen LogP contribution in [0.2, 0.25) is 0 Å². The summed E-state index contributed by atoms with van der Waals surface area (Å²) in [5.41, 5.74) is 1.60. The Morgan fingerprint density at radius 3 is 2.71 bits per heavy atom. The molecule has 14 heavy (non-hydrogen) atoms. The average Bonchev–Trinajstić information content (AvgIpc) is 2.59. The molecule has 0 radical (unpaired) electrons. The molecule has 5 heteroatoms. The summed E-state index contributed by atoms with van der Waals surface area (Å²) < 4.78 is 0. The average molecular weight is 186 g/mol. The number of hydrogen-bond acceptors (Lipinski definition) is 3. The standard InChI is InChI=1S/C9H7BN2O2/c11-5-6-1-2-7-4-9(10(13)14)12-8(7)3-6/h1-4,12-14H.